The molecule has 2 rings (SSSR count). The number of piperidine rings is 1. The summed E-state index contributed by atoms with van der Waals surface area (Å²) in [5.74, 6) is 0.754. The molecule has 1 saturated heterocycles. The van der Waals surface area contributed by atoms with Gasteiger partial charge in [0.25, 0.3) is 0 Å². The Balaban J connectivity index is 1.76. The highest BCUT2D eigenvalue weighted by atomic mass is 35.5. The van der Waals surface area contributed by atoms with Crippen LogP contribution in [0.3, 0.4) is 0 Å². The second-order valence-corrected chi connectivity index (χ2v) is 7.96. The molecule has 6 heteroatoms. The minimum atomic E-state index is -3.42. The van der Waals surface area contributed by atoms with Crippen molar-refractivity contribution in [3.8, 4) is 0 Å². The van der Waals surface area contributed by atoms with Crippen LogP contribution in [0, 0.1) is 5.92 Å². The Labute approximate surface area is 132 Å². The van der Waals surface area contributed by atoms with Crippen molar-refractivity contribution in [1.29, 1.82) is 0 Å². The van der Waals surface area contributed by atoms with Gasteiger partial charge in [0.15, 0.2) is 0 Å². The average molecular weight is 331 g/mol. The van der Waals surface area contributed by atoms with Gasteiger partial charge in [0.2, 0.25) is 10.0 Å². The van der Waals surface area contributed by atoms with Crippen LogP contribution in [0.1, 0.15) is 26.2 Å². The summed E-state index contributed by atoms with van der Waals surface area (Å²) in [6.45, 7) is 5.96. The van der Waals surface area contributed by atoms with E-state index in [4.69, 9.17) is 11.6 Å². The molecule has 1 heterocycles. The predicted octanol–water partition coefficient (Wildman–Crippen LogP) is 2.74. The standard InChI is InChI=1S/C15H23ClN2O2S/c1-13-4-2-10-18(12-13)11-3-9-17-21(19,20)15-7-5-14(16)6-8-15/h5-8,13,17H,2-4,9-12H2,1H3. The minimum absolute atomic E-state index is 0.262. The topological polar surface area (TPSA) is 49.4 Å². The van der Waals surface area contributed by atoms with Gasteiger partial charge in [-0.2, -0.15) is 0 Å². The van der Waals surface area contributed by atoms with E-state index in [2.05, 4.69) is 16.5 Å². The number of hydrogen-bond donors (Lipinski definition) is 1. The van der Waals surface area contributed by atoms with Crippen LogP contribution >= 0.6 is 11.6 Å². The smallest absolute Gasteiger partial charge is 0.240 e. The summed E-state index contributed by atoms with van der Waals surface area (Å²) in [6, 6.07) is 6.23. The Morgan fingerprint density at radius 3 is 2.71 bits per heavy atom. The number of hydrogen-bond acceptors (Lipinski definition) is 3. The van der Waals surface area contributed by atoms with Crippen molar-refractivity contribution >= 4 is 21.6 Å². The van der Waals surface area contributed by atoms with Gasteiger partial charge in [-0.1, -0.05) is 18.5 Å². The first-order valence-corrected chi connectivity index (χ1v) is 9.31. The highest BCUT2D eigenvalue weighted by molar-refractivity contribution is 7.89. The zero-order valence-electron chi connectivity index (χ0n) is 12.4. The fourth-order valence-electron chi connectivity index (χ4n) is 2.70. The predicted molar refractivity (Wildman–Crippen MR) is 86.1 cm³/mol. The molecule has 1 atom stereocenters. The molecule has 1 aliphatic rings. The number of likely N-dealkylation sites (tertiary alicyclic amines) is 1. The molecule has 0 amide bonds. The van der Waals surface area contributed by atoms with Gasteiger partial charge in [-0.15, -0.1) is 0 Å². The fourth-order valence-corrected chi connectivity index (χ4v) is 3.90. The highest BCUT2D eigenvalue weighted by Gasteiger charge is 2.16. The van der Waals surface area contributed by atoms with E-state index in [-0.39, 0.29) is 4.90 Å². The van der Waals surface area contributed by atoms with Crippen molar-refractivity contribution in [2.45, 2.75) is 31.1 Å². The minimum Gasteiger partial charge on any atom is -0.303 e. The van der Waals surface area contributed by atoms with Gasteiger partial charge < -0.3 is 4.90 Å². The number of rotatable bonds is 6. The number of benzene rings is 1. The van der Waals surface area contributed by atoms with E-state index in [1.807, 2.05) is 0 Å². The second kappa shape index (κ2) is 7.58. The van der Waals surface area contributed by atoms with Crippen LogP contribution in [0.25, 0.3) is 0 Å². The first kappa shape index (κ1) is 16.7. The summed E-state index contributed by atoms with van der Waals surface area (Å²) in [4.78, 5) is 2.68. The van der Waals surface area contributed by atoms with E-state index in [1.54, 1.807) is 12.1 Å². The summed E-state index contributed by atoms with van der Waals surface area (Å²) in [5, 5.41) is 0.535. The molecule has 1 unspecified atom stereocenters. The van der Waals surface area contributed by atoms with Gasteiger partial charge in [0.1, 0.15) is 0 Å². The molecule has 4 nitrogen and oxygen atoms in total. The van der Waals surface area contributed by atoms with Gasteiger partial charge >= 0.3 is 0 Å². The zero-order chi connectivity index (χ0) is 15.3. The molecule has 0 radical (unpaired) electrons. The lowest BCUT2D eigenvalue weighted by molar-refractivity contribution is 0.182. The van der Waals surface area contributed by atoms with E-state index >= 15 is 0 Å². The normalized spacial score (nSPS) is 20.6. The Kier molecular flexibility index (Phi) is 6.05. The van der Waals surface area contributed by atoms with Crippen LogP contribution in [-0.2, 0) is 10.0 Å². The van der Waals surface area contributed by atoms with Gasteiger partial charge in [0, 0.05) is 18.1 Å². The highest BCUT2D eigenvalue weighted by Crippen LogP contribution is 2.16. The largest absolute Gasteiger partial charge is 0.303 e. The van der Waals surface area contributed by atoms with E-state index in [9.17, 15) is 8.42 Å². The molecule has 0 bridgehead atoms. The number of nitrogens with zero attached hydrogens (tertiary/aromatic N) is 1. The van der Waals surface area contributed by atoms with Crippen LogP contribution < -0.4 is 4.72 Å². The third-order valence-corrected chi connectivity index (χ3v) is 5.54. The summed E-state index contributed by atoms with van der Waals surface area (Å²) in [6.07, 6.45) is 3.39. The first-order valence-electron chi connectivity index (χ1n) is 7.45. The van der Waals surface area contributed by atoms with E-state index in [0.29, 0.717) is 11.6 Å². The molecule has 1 fully saturated rings. The summed E-state index contributed by atoms with van der Waals surface area (Å²) in [7, 11) is -3.42. The Morgan fingerprint density at radius 2 is 2.05 bits per heavy atom. The van der Waals surface area contributed by atoms with E-state index in [0.717, 1.165) is 32.0 Å². The maximum absolute atomic E-state index is 12.1. The maximum atomic E-state index is 12.1. The molecule has 0 aromatic heterocycles. The number of halogens is 1. The Hall–Kier alpha value is -0.620. The Morgan fingerprint density at radius 1 is 1.33 bits per heavy atom. The molecular weight excluding hydrogens is 308 g/mol. The van der Waals surface area contributed by atoms with Crippen molar-refractivity contribution in [3.63, 3.8) is 0 Å². The molecule has 21 heavy (non-hydrogen) atoms. The first-order chi connectivity index (χ1) is 9.97. The quantitative estimate of drug-likeness (QED) is 0.816. The average Bonchev–Trinajstić information content (AvgIpc) is 2.44. The molecule has 1 aromatic rings. The van der Waals surface area contributed by atoms with Crippen LogP contribution in [0.15, 0.2) is 29.2 Å². The van der Waals surface area contributed by atoms with Crippen LogP contribution in [-0.4, -0.2) is 39.5 Å². The molecule has 0 spiro atoms. The van der Waals surface area contributed by atoms with Gasteiger partial charge in [0.05, 0.1) is 4.90 Å². The maximum Gasteiger partial charge on any atom is 0.240 e. The second-order valence-electron chi connectivity index (χ2n) is 5.75. The lowest BCUT2D eigenvalue weighted by atomic mass is 10.0. The molecule has 0 saturated carbocycles. The number of nitrogens with one attached hydrogen (secondary N) is 1. The van der Waals surface area contributed by atoms with Gasteiger partial charge in [-0.05, 0) is 62.5 Å². The molecule has 0 aliphatic carbocycles. The monoisotopic (exact) mass is 330 g/mol. The SMILES string of the molecule is CC1CCCN(CCCNS(=O)(=O)c2ccc(Cl)cc2)C1. The number of sulfonamides is 1. The zero-order valence-corrected chi connectivity index (χ0v) is 14.0. The van der Waals surface area contributed by atoms with E-state index in [1.165, 1.54) is 25.0 Å². The Bertz CT molecular complexity index is 545. The van der Waals surface area contributed by atoms with Crippen molar-refractivity contribution in [2.75, 3.05) is 26.2 Å². The fraction of sp³-hybridized carbons (Fsp3) is 0.600. The van der Waals surface area contributed by atoms with Crippen molar-refractivity contribution in [2.24, 2.45) is 5.92 Å². The van der Waals surface area contributed by atoms with Crippen LogP contribution in [0.4, 0.5) is 0 Å². The molecule has 1 aliphatic heterocycles. The van der Waals surface area contributed by atoms with Crippen LogP contribution in [0.2, 0.25) is 5.02 Å². The summed E-state index contributed by atoms with van der Waals surface area (Å²) >= 11 is 5.77. The van der Waals surface area contributed by atoms with Crippen LogP contribution in [0.5, 0.6) is 0 Å². The summed E-state index contributed by atoms with van der Waals surface area (Å²) in [5.41, 5.74) is 0. The lowest BCUT2D eigenvalue weighted by Crippen LogP contribution is -2.36. The van der Waals surface area contributed by atoms with Gasteiger partial charge in [-0.3, -0.25) is 0 Å². The molecular formula is C15H23ClN2O2S. The van der Waals surface area contributed by atoms with Crippen molar-refractivity contribution in [1.82, 2.24) is 9.62 Å². The molecule has 1 aromatic carbocycles. The van der Waals surface area contributed by atoms with Crippen molar-refractivity contribution in [3.05, 3.63) is 29.3 Å². The third-order valence-electron chi connectivity index (χ3n) is 3.81. The van der Waals surface area contributed by atoms with E-state index < -0.39 is 10.0 Å². The van der Waals surface area contributed by atoms with Gasteiger partial charge in [-0.25, -0.2) is 13.1 Å². The van der Waals surface area contributed by atoms with Crippen molar-refractivity contribution < 1.29 is 8.42 Å². The molecule has 1 N–H and O–H groups in total. The summed E-state index contributed by atoms with van der Waals surface area (Å²) < 4.78 is 26.8. The molecule has 118 valence electrons. The third kappa shape index (κ3) is 5.25. The lowest BCUT2D eigenvalue weighted by Gasteiger charge is -2.30.